The first-order chi connectivity index (χ1) is 14.8. The number of rotatable bonds is 2. The number of hydrogen-bond donors (Lipinski definition) is 6. The Morgan fingerprint density at radius 2 is 1.87 bits per heavy atom. The average Bonchev–Trinajstić information content (AvgIpc) is 3.15. The van der Waals surface area contributed by atoms with Gasteiger partial charge in [-0.05, 0) is 60.4 Å². The summed E-state index contributed by atoms with van der Waals surface area (Å²) in [6, 6.07) is 5.27. The number of ether oxygens (including phenoxy) is 1. The number of aryl methyl sites for hydroxylation is 2. The van der Waals surface area contributed by atoms with Crippen LogP contribution in [0.2, 0.25) is 0 Å². The van der Waals surface area contributed by atoms with Crippen molar-refractivity contribution >= 4 is 27.9 Å². The van der Waals surface area contributed by atoms with Gasteiger partial charge in [0, 0.05) is 29.0 Å². The summed E-state index contributed by atoms with van der Waals surface area (Å²) in [4.78, 5) is 5.23. The van der Waals surface area contributed by atoms with Gasteiger partial charge >= 0.3 is 0 Å². The van der Waals surface area contributed by atoms with Gasteiger partial charge in [-0.1, -0.05) is 0 Å². The van der Waals surface area contributed by atoms with Crippen LogP contribution in [0.4, 0.5) is 0 Å². The molecule has 6 N–H and O–H groups in total. The zero-order valence-electron chi connectivity index (χ0n) is 17.3. The van der Waals surface area contributed by atoms with Gasteiger partial charge in [0.05, 0.1) is 12.1 Å². The Bertz CT molecular complexity index is 1200. The molecule has 164 valence electrons. The third-order valence-electron chi connectivity index (χ3n) is 6.68. The second-order valence-electron chi connectivity index (χ2n) is 8.45. The Morgan fingerprint density at radius 1 is 1.10 bits per heavy atom. The molecule has 5 rings (SSSR count). The molecule has 8 nitrogen and oxygen atoms in total. The number of nitrogens with zero attached hydrogens (tertiary/aromatic N) is 1. The number of aromatic amines is 1. The molecule has 0 radical (unpaired) electrons. The van der Waals surface area contributed by atoms with Crippen molar-refractivity contribution in [3.63, 3.8) is 0 Å². The fourth-order valence-electron chi connectivity index (χ4n) is 4.93. The first-order valence-electron chi connectivity index (χ1n) is 10.3. The molecule has 2 aliphatic heterocycles. The summed E-state index contributed by atoms with van der Waals surface area (Å²) in [5.74, 6) is 0.200. The summed E-state index contributed by atoms with van der Waals surface area (Å²) in [5, 5.41) is 52.3. The number of phenols is 1. The predicted octanol–water partition coefficient (Wildman–Crippen LogP) is 1.23. The third kappa shape index (κ3) is 2.95. The number of phenolic OH excluding ortho intramolecular Hbond substituents is 1. The molecule has 2 aromatic carbocycles. The van der Waals surface area contributed by atoms with Gasteiger partial charge in [0.25, 0.3) is 0 Å². The van der Waals surface area contributed by atoms with Gasteiger partial charge in [0.1, 0.15) is 30.2 Å². The minimum absolute atomic E-state index is 0.200. The maximum absolute atomic E-state index is 10.5. The van der Waals surface area contributed by atoms with Gasteiger partial charge in [-0.2, -0.15) is 0 Å². The second-order valence-corrected chi connectivity index (χ2v) is 8.45. The van der Waals surface area contributed by atoms with Crippen molar-refractivity contribution < 1.29 is 30.3 Å². The first-order valence-corrected chi connectivity index (χ1v) is 10.3. The number of fused-ring (bicyclic) bond motifs is 4. The fraction of sp³-hybridized carbons (Fsp3) is 0.391. The molecule has 31 heavy (non-hydrogen) atoms. The number of aromatic nitrogens is 1. The molecular formula is C23H26N2O6. The molecule has 0 spiro atoms. The Balaban J connectivity index is 1.60. The number of aliphatic hydroxyl groups excluding tert-OH is 4. The first kappa shape index (κ1) is 20.3. The van der Waals surface area contributed by atoms with E-state index in [0.29, 0.717) is 6.54 Å². The molecule has 3 aromatic rings. The SMILES string of the molecule is Cc1c2c(c(C)c3c1[nH]c1ccc(O)cc13)CN([C@@H]1O[C@@H](CO)[C@H](O)[C@@H](O)[C@@H]1O)C=C2. The number of H-pyrrole nitrogens is 1. The Labute approximate surface area is 178 Å². The molecule has 8 heteroatoms. The van der Waals surface area contributed by atoms with Crippen molar-refractivity contribution in [2.75, 3.05) is 6.61 Å². The summed E-state index contributed by atoms with van der Waals surface area (Å²) in [6.45, 7) is 4.03. The third-order valence-corrected chi connectivity index (χ3v) is 6.68. The Kier molecular flexibility index (Phi) is 4.72. The van der Waals surface area contributed by atoms with Crippen molar-refractivity contribution in [1.29, 1.82) is 0 Å². The van der Waals surface area contributed by atoms with E-state index < -0.39 is 37.3 Å². The molecule has 5 atom stereocenters. The van der Waals surface area contributed by atoms with E-state index in [1.165, 1.54) is 0 Å². The van der Waals surface area contributed by atoms with Gasteiger partial charge < -0.3 is 40.2 Å². The molecule has 2 aliphatic rings. The largest absolute Gasteiger partial charge is 0.508 e. The number of nitrogens with one attached hydrogen (secondary N) is 1. The zero-order valence-corrected chi connectivity index (χ0v) is 17.3. The van der Waals surface area contributed by atoms with Crippen molar-refractivity contribution in [3.8, 4) is 5.75 Å². The highest BCUT2D eigenvalue weighted by Crippen LogP contribution is 2.39. The second kappa shape index (κ2) is 7.22. The van der Waals surface area contributed by atoms with Crippen LogP contribution >= 0.6 is 0 Å². The molecule has 3 heterocycles. The van der Waals surface area contributed by atoms with E-state index >= 15 is 0 Å². The fourth-order valence-corrected chi connectivity index (χ4v) is 4.93. The standard InChI is InChI=1S/C23H26N2O6/c1-10-15-8-25(23-22(30)21(29)20(28)17(9-26)31-23)6-5-13(15)11(2)19-18(10)14-7-12(27)3-4-16(14)24-19/h3-7,17,20-24,26-30H,8-9H2,1-2H3/t17-,20-,21+,22-,23+/m0/s1. The topological polar surface area (TPSA) is 129 Å². The molecule has 1 aromatic heterocycles. The van der Waals surface area contributed by atoms with Crippen LogP contribution < -0.4 is 0 Å². The maximum Gasteiger partial charge on any atom is 0.159 e. The lowest BCUT2D eigenvalue weighted by Crippen LogP contribution is -2.62. The highest BCUT2D eigenvalue weighted by atomic mass is 16.6. The van der Waals surface area contributed by atoms with Crippen LogP contribution in [0.5, 0.6) is 5.75 Å². The lowest BCUT2D eigenvalue weighted by molar-refractivity contribution is -0.260. The summed E-state index contributed by atoms with van der Waals surface area (Å²) >= 11 is 0. The Hall–Kier alpha value is -2.62. The van der Waals surface area contributed by atoms with E-state index in [1.54, 1.807) is 17.0 Å². The summed E-state index contributed by atoms with van der Waals surface area (Å²) in [5.41, 5.74) is 6.21. The molecule has 0 amide bonds. The molecule has 0 saturated carbocycles. The molecule has 0 bridgehead atoms. The molecular weight excluding hydrogens is 400 g/mol. The quantitative estimate of drug-likeness (QED) is 0.364. The maximum atomic E-state index is 10.5. The zero-order chi connectivity index (χ0) is 22.0. The molecule has 0 aliphatic carbocycles. The van der Waals surface area contributed by atoms with Crippen LogP contribution in [0, 0.1) is 13.8 Å². The van der Waals surface area contributed by atoms with Crippen LogP contribution in [0.15, 0.2) is 24.4 Å². The van der Waals surface area contributed by atoms with E-state index in [0.717, 1.165) is 44.1 Å². The average molecular weight is 426 g/mol. The molecule has 0 unspecified atom stereocenters. The van der Waals surface area contributed by atoms with Gasteiger partial charge in [0.2, 0.25) is 0 Å². The van der Waals surface area contributed by atoms with Crippen LogP contribution in [-0.4, -0.2) is 72.7 Å². The lowest BCUT2D eigenvalue weighted by Gasteiger charge is -2.45. The van der Waals surface area contributed by atoms with Crippen LogP contribution in [0.25, 0.3) is 27.9 Å². The van der Waals surface area contributed by atoms with E-state index in [1.807, 2.05) is 32.2 Å². The smallest absolute Gasteiger partial charge is 0.159 e. The van der Waals surface area contributed by atoms with Crippen LogP contribution in [0.1, 0.15) is 22.3 Å². The predicted molar refractivity (Wildman–Crippen MR) is 115 cm³/mol. The van der Waals surface area contributed by atoms with Crippen LogP contribution in [-0.2, 0) is 11.3 Å². The summed E-state index contributed by atoms with van der Waals surface area (Å²) in [6.07, 6.45) is -2.26. The van der Waals surface area contributed by atoms with Gasteiger partial charge in [-0.25, -0.2) is 0 Å². The minimum atomic E-state index is -1.42. The van der Waals surface area contributed by atoms with Crippen molar-refractivity contribution in [1.82, 2.24) is 9.88 Å². The van der Waals surface area contributed by atoms with Gasteiger partial charge in [-0.15, -0.1) is 0 Å². The van der Waals surface area contributed by atoms with E-state index in [-0.39, 0.29) is 5.75 Å². The number of aliphatic hydroxyl groups is 4. The van der Waals surface area contributed by atoms with Gasteiger partial charge in [-0.3, -0.25) is 0 Å². The number of aromatic hydroxyl groups is 1. The normalized spacial score (nSPS) is 28.5. The van der Waals surface area contributed by atoms with Crippen molar-refractivity contribution in [2.45, 2.75) is 51.0 Å². The highest BCUT2D eigenvalue weighted by molar-refractivity contribution is 6.11. The van der Waals surface area contributed by atoms with Crippen molar-refractivity contribution in [3.05, 3.63) is 46.7 Å². The minimum Gasteiger partial charge on any atom is -0.508 e. The summed E-state index contributed by atoms with van der Waals surface area (Å²) < 4.78 is 5.74. The van der Waals surface area contributed by atoms with Crippen LogP contribution in [0.3, 0.4) is 0 Å². The number of hydrogen-bond acceptors (Lipinski definition) is 7. The monoisotopic (exact) mass is 426 g/mol. The van der Waals surface area contributed by atoms with Gasteiger partial charge in [0.15, 0.2) is 6.23 Å². The summed E-state index contributed by atoms with van der Waals surface area (Å²) in [7, 11) is 0. The molecule has 1 fully saturated rings. The van der Waals surface area contributed by atoms with E-state index in [2.05, 4.69) is 4.98 Å². The van der Waals surface area contributed by atoms with E-state index in [9.17, 15) is 25.5 Å². The Morgan fingerprint density at radius 3 is 2.61 bits per heavy atom. The molecule has 1 saturated heterocycles. The van der Waals surface area contributed by atoms with E-state index in [4.69, 9.17) is 4.74 Å². The lowest BCUT2D eigenvalue weighted by atomic mass is 9.90. The number of benzene rings is 2. The van der Waals surface area contributed by atoms with Crippen molar-refractivity contribution in [2.24, 2.45) is 0 Å². The highest BCUT2D eigenvalue weighted by Gasteiger charge is 2.45.